The standard InChI is InChI=1S/C16H22N6O2/c1-21-15(23)6-5-14(20-21)22-7-11(10-3-4-10)12(8-22)16-17-13(9-24-2)18-19-16/h5-6,10-12H,3-4,7-9H2,1-2H3,(H,17,18,19)/t11-,12+/m1/s1. The Morgan fingerprint density at radius 1 is 1.33 bits per heavy atom. The van der Waals surface area contributed by atoms with Crippen LogP contribution in [0.1, 0.15) is 30.4 Å². The average molecular weight is 330 g/mol. The molecule has 0 aromatic carbocycles. The van der Waals surface area contributed by atoms with Gasteiger partial charge in [0.2, 0.25) is 0 Å². The first kappa shape index (κ1) is 15.3. The molecule has 0 bridgehead atoms. The van der Waals surface area contributed by atoms with Crippen LogP contribution in [-0.2, 0) is 18.4 Å². The number of nitrogens with one attached hydrogen (secondary N) is 1. The molecule has 0 spiro atoms. The molecular formula is C16H22N6O2. The molecule has 1 aliphatic carbocycles. The smallest absolute Gasteiger partial charge is 0.266 e. The van der Waals surface area contributed by atoms with Gasteiger partial charge in [0.15, 0.2) is 11.6 Å². The molecule has 2 fully saturated rings. The van der Waals surface area contributed by atoms with Gasteiger partial charge < -0.3 is 9.64 Å². The maximum atomic E-state index is 11.6. The molecule has 8 heteroatoms. The molecule has 1 N–H and O–H groups in total. The first-order valence-electron chi connectivity index (χ1n) is 8.35. The molecule has 4 rings (SSSR count). The molecule has 0 radical (unpaired) electrons. The molecule has 0 amide bonds. The lowest BCUT2D eigenvalue weighted by Gasteiger charge is -2.17. The fourth-order valence-corrected chi connectivity index (χ4v) is 3.63. The third-order valence-electron chi connectivity index (χ3n) is 5.02. The minimum Gasteiger partial charge on any atom is -0.377 e. The van der Waals surface area contributed by atoms with Gasteiger partial charge in [-0.25, -0.2) is 9.67 Å². The summed E-state index contributed by atoms with van der Waals surface area (Å²) in [5.74, 6) is 4.05. The lowest BCUT2D eigenvalue weighted by molar-refractivity contribution is 0.178. The minimum absolute atomic E-state index is 0.0913. The summed E-state index contributed by atoms with van der Waals surface area (Å²) in [6.45, 7) is 2.21. The summed E-state index contributed by atoms with van der Waals surface area (Å²) < 4.78 is 6.51. The molecule has 1 aliphatic heterocycles. The van der Waals surface area contributed by atoms with Crippen molar-refractivity contribution in [2.45, 2.75) is 25.4 Å². The lowest BCUT2D eigenvalue weighted by Crippen LogP contribution is -2.26. The third-order valence-corrected chi connectivity index (χ3v) is 5.02. The second-order valence-electron chi connectivity index (χ2n) is 6.74. The molecule has 0 unspecified atom stereocenters. The molecule has 128 valence electrons. The van der Waals surface area contributed by atoms with Gasteiger partial charge in [-0.2, -0.15) is 10.2 Å². The van der Waals surface area contributed by atoms with Gasteiger partial charge in [-0.05, 0) is 30.7 Å². The monoisotopic (exact) mass is 330 g/mol. The summed E-state index contributed by atoms with van der Waals surface area (Å²) in [5, 5.41) is 11.8. The lowest BCUT2D eigenvalue weighted by atomic mass is 9.91. The Morgan fingerprint density at radius 2 is 2.17 bits per heavy atom. The number of aromatic nitrogens is 5. The van der Waals surface area contributed by atoms with E-state index in [2.05, 4.69) is 25.2 Å². The Morgan fingerprint density at radius 3 is 2.88 bits per heavy atom. The number of aryl methyl sites for hydroxylation is 1. The van der Waals surface area contributed by atoms with Gasteiger partial charge in [0.1, 0.15) is 12.4 Å². The zero-order valence-corrected chi connectivity index (χ0v) is 14.0. The highest BCUT2D eigenvalue weighted by Gasteiger charge is 2.45. The predicted octanol–water partition coefficient (Wildman–Crippen LogP) is 0.675. The molecule has 3 heterocycles. The first-order chi connectivity index (χ1) is 11.7. The van der Waals surface area contributed by atoms with Crippen LogP contribution in [0.2, 0.25) is 0 Å². The van der Waals surface area contributed by atoms with Crippen molar-refractivity contribution in [2.75, 3.05) is 25.1 Å². The molecule has 1 saturated carbocycles. The van der Waals surface area contributed by atoms with Crippen molar-refractivity contribution in [3.8, 4) is 0 Å². The summed E-state index contributed by atoms with van der Waals surface area (Å²) in [5.41, 5.74) is -0.0913. The van der Waals surface area contributed by atoms with Crippen LogP contribution in [0.5, 0.6) is 0 Å². The maximum Gasteiger partial charge on any atom is 0.266 e. The van der Waals surface area contributed by atoms with Gasteiger partial charge in [0.25, 0.3) is 5.56 Å². The number of hydrogen-bond acceptors (Lipinski definition) is 6. The zero-order chi connectivity index (χ0) is 16.7. The number of anilines is 1. The van der Waals surface area contributed by atoms with E-state index in [4.69, 9.17) is 4.74 Å². The van der Waals surface area contributed by atoms with E-state index in [0.717, 1.165) is 36.5 Å². The highest BCUT2D eigenvalue weighted by atomic mass is 16.5. The Hall–Kier alpha value is -2.22. The van der Waals surface area contributed by atoms with Crippen LogP contribution in [0.15, 0.2) is 16.9 Å². The molecule has 24 heavy (non-hydrogen) atoms. The van der Waals surface area contributed by atoms with E-state index in [1.54, 1.807) is 20.2 Å². The second kappa shape index (κ2) is 6.01. The summed E-state index contributed by atoms with van der Waals surface area (Å²) in [4.78, 5) is 18.4. The molecule has 2 aromatic rings. The van der Waals surface area contributed by atoms with Crippen molar-refractivity contribution in [3.63, 3.8) is 0 Å². The Labute approximate surface area is 139 Å². The van der Waals surface area contributed by atoms with E-state index < -0.39 is 0 Å². The van der Waals surface area contributed by atoms with Gasteiger partial charge in [-0.15, -0.1) is 0 Å². The number of ether oxygens (including phenoxy) is 1. The van der Waals surface area contributed by atoms with Crippen molar-refractivity contribution in [1.82, 2.24) is 25.0 Å². The average Bonchev–Trinajstić information content (AvgIpc) is 3.15. The highest BCUT2D eigenvalue weighted by Crippen LogP contribution is 2.47. The first-order valence-corrected chi connectivity index (χ1v) is 8.35. The molecule has 2 aliphatic rings. The Balaban J connectivity index is 1.59. The summed E-state index contributed by atoms with van der Waals surface area (Å²) in [6, 6.07) is 3.38. The van der Waals surface area contributed by atoms with Crippen LogP contribution in [0, 0.1) is 11.8 Å². The predicted molar refractivity (Wildman–Crippen MR) is 87.7 cm³/mol. The summed E-state index contributed by atoms with van der Waals surface area (Å²) in [6.07, 6.45) is 2.57. The topological polar surface area (TPSA) is 88.9 Å². The van der Waals surface area contributed by atoms with Crippen LogP contribution in [-0.4, -0.2) is 45.2 Å². The maximum absolute atomic E-state index is 11.6. The van der Waals surface area contributed by atoms with Crippen LogP contribution in [0.25, 0.3) is 0 Å². The number of nitrogens with zero attached hydrogens (tertiary/aromatic N) is 5. The van der Waals surface area contributed by atoms with Gasteiger partial charge in [0, 0.05) is 39.2 Å². The van der Waals surface area contributed by atoms with Crippen molar-refractivity contribution in [3.05, 3.63) is 34.1 Å². The number of methoxy groups -OCH3 is 1. The van der Waals surface area contributed by atoms with E-state index in [-0.39, 0.29) is 5.56 Å². The minimum atomic E-state index is -0.0913. The van der Waals surface area contributed by atoms with Crippen LogP contribution in [0.4, 0.5) is 5.82 Å². The van der Waals surface area contributed by atoms with E-state index in [1.807, 2.05) is 6.07 Å². The van der Waals surface area contributed by atoms with Gasteiger partial charge >= 0.3 is 0 Å². The van der Waals surface area contributed by atoms with Gasteiger partial charge in [-0.3, -0.25) is 9.89 Å². The quantitative estimate of drug-likeness (QED) is 0.867. The van der Waals surface area contributed by atoms with Crippen molar-refractivity contribution < 1.29 is 4.74 Å². The van der Waals surface area contributed by atoms with Gasteiger partial charge in [0.05, 0.1) is 0 Å². The molecule has 1 saturated heterocycles. The van der Waals surface area contributed by atoms with E-state index in [9.17, 15) is 4.79 Å². The molecule has 8 nitrogen and oxygen atoms in total. The fourth-order valence-electron chi connectivity index (χ4n) is 3.63. The SMILES string of the molecule is COCc1nc([C@H]2CN(c3ccc(=O)n(C)n3)C[C@@H]2C2CC2)n[nH]1. The van der Waals surface area contributed by atoms with Gasteiger partial charge in [-0.1, -0.05) is 0 Å². The van der Waals surface area contributed by atoms with Crippen molar-refractivity contribution in [2.24, 2.45) is 18.9 Å². The van der Waals surface area contributed by atoms with E-state index >= 15 is 0 Å². The number of rotatable bonds is 5. The third kappa shape index (κ3) is 2.82. The highest BCUT2D eigenvalue weighted by molar-refractivity contribution is 5.40. The zero-order valence-electron chi connectivity index (χ0n) is 14.0. The molecular weight excluding hydrogens is 308 g/mol. The Bertz CT molecular complexity index is 781. The summed E-state index contributed by atoms with van der Waals surface area (Å²) >= 11 is 0. The second-order valence-corrected chi connectivity index (χ2v) is 6.74. The molecule has 2 atom stereocenters. The van der Waals surface area contributed by atoms with Crippen LogP contribution >= 0.6 is 0 Å². The number of H-pyrrole nitrogens is 1. The van der Waals surface area contributed by atoms with Crippen LogP contribution in [0.3, 0.4) is 0 Å². The number of hydrogen-bond donors (Lipinski definition) is 1. The van der Waals surface area contributed by atoms with E-state index in [0.29, 0.717) is 18.4 Å². The Kier molecular flexibility index (Phi) is 3.84. The van der Waals surface area contributed by atoms with E-state index in [1.165, 1.54) is 17.5 Å². The largest absolute Gasteiger partial charge is 0.377 e. The number of aromatic amines is 1. The normalized spacial score (nSPS) is 23.8. The van der Waals surface area contributed by atoms with Crippen molar-refractivity contribution in [1.29, 1.82) is 0 Å². The van der Waals surface area contributed by atoms with Crippen LogP contribution < -0.4 is 10.5 Å². The fraction of sp³-hybridized carbons (Fsp3) is 0.625. The van der Waals surface area contributed by atoms with Crippen molar-refractivity contribution >= 4 is 5.82 Å². The molecule has 2 aromatic heterocycles. The summed E-state index contributed by atoms with van der Waals surface area (Å²) in [7, 11) is 3.34.